The van der Waals surface area contributed by atoms with Crippen LogP contribution in [0.4, 0.5) is 0 Å². The van der Waals surface area contributed by atoms with E-state index >= 15 is 0 Å². The number of aromatic hydroxyl groups is 1. The number of hydrogen-bond donors (Lipinski definition) is 1. The second-order valence-corrected chi connectivity index (χ2v) is 5.22. The Kier molecular flexibility index (Phi) is 3.42. The molecule has 0 aromatic carbocycles. The minimum absolute atomic E-state index is 0.0919. The number of hydrogen-bond acceptors (Lipinski definition) is 5. The van der Waals surface area contributed by atoms with E-state index in [9.17, 15) is 9.90 Å². The Morgan fingerprint density at radius 3 is 2.80 bits per heavy atom. The summed E-state index contributed by atoms with van der Waals surface area (Å²) in [6.45, 7) is 4.00. The third-order valence-corrected chi connectivity index (χ3v) is 3.74. The molecule has 6 heteroatoms. The fourth-order valence-corrected chi connectivity index (χ4v) is 2.53. The van der Waals surface area contributed by atoms with Gasteiger partial charge >= 0.3 is 0 Å². The number of carbonyl (C=O) groups is 1. The Balaban J connectivity index is 1.80. The van der Waals surface area contributed by atoms with E-state index in [2.05, 4.69) is 21.8 Å². The first kappa shape index (κ1) is 13.1. The molecule has 1 fully saturated rings. The Bertz CT molecular complexity index is 629. The summed E-state index contributed by atoms with van der Waals surface area (Å²) in [5, 5.41) is 9.90. The van der Waals surface area contributed by atoms with Crippen molar-refractivity contribution in [2.45, 2.75) is 0 Å². The highest BCUT2D eigenvalue weighted by Gasteiger charge is 2.22. The van der Waals surface area contributed by atoms with Gasteiger partial charge in [0.05, 0.1) is 6.54 Å². The zero-order chi connectivity index (χ0) is 14.1. The van der Waals surface area contributed by atoms with Crippen molar-refractivity contribution in [1.29, 1.82) is 0 Å². The summed E-state index contributed by atoms with van der Waals surface area (Å²) in [6, 6.07) is 5.42. The van der Waals surface area contributed by atoms with Crippen molar-refractivity contribution in [1.82, 2.24) is 19.2 Å². The Morgan fingerprint density at radius 2 is 2.05 bits per heavy atom. The van der Waals surface area contributed by atoms with Crippen LogP contribution in [0, 0.1) is 0 Å². The third kappa shape index (κ3) is 2.39. The van der Waals surface area contributed by atoms with E-state index in [4.69, 9.17) is 0 Å². The lowest BCUT2D eigenvalue weighted by Gasteiger charge is -2.31. The molecular weight excluding hydrogens is 256 g/mol. The molecule has 3 rings (SSSR count). The normalized spacial score (nSPS) is 17.6. The predicted molar refractivity (Wildman–Crippen MR) is 75.1 cm³/mol. The lowest BCUT2D eigenvalue weighted by atomic mass is 10.2. The number of piperazine rings is 1. The molecule has 6 nitrogen and oxygen atoms in total. The van der Waals surface area contributed by atoms with Gasteiger partial charge in [-0.05, 0) is 19.2 Å². The van der Waals surface area contributed by atoms with Gasteiger partial charge in [0.2, 0.25) is 5.88 Å². The van der Waals surface area contributed by atoms with Crippen LogP contribution in [0.2, 0.25) is 0 Å². The maximum atomic E-state index is 12.4. The number of nitrogens with zero attached hydrogens (tertiary/aromatic N) is 4. The van der Waals surface area contributed by atoms with Crippen LogP contribution in [0.15, 0.2) is 24.4 Å². The van der Waals surface area contributed by atoms with Gasteiger partial charge in [-0.3, -0.25) is 14.1 Å². The highest BCUT2D eigenvalue weighted by atomic mass is 16.3. The molecule has 1 aliphatic rings. The topological polar surface area (TPSA) is 61.1 Å². The number of aromatic nitrogens is 2. The second kappa shape index (κ2) is 5.22. The first-order valence-electron chi connectivity index (χ1n) is 6.75. The fraction of sp³-hybridized carbons (Fsp3) is 0.429. The van der Waals surface area contributed by atoms with Crippen LogP contribution >= 0.6 is 0 Å². The van der Waals surface area contributed by atoms with Gasteiger partial charge in [0.15, 0.2) is 11.5 Å². The lowest BCUT2D eigenvalue weighted by Crippen LogP contribution is -2.46. The molecule has 2 aromatic rings. The average molecular weight is 274 g/mol. The lowest BCUT2D eigenvalue weighted by molar-refractivity contribution is 0.0868. The molecule has 1 aliphatic heterocycles. The molecule has 2 aromatic heterocycles. The first-order chi connectivity index (χ1) is 9.65. The molecule has 20 heavy (non-hydrogen) atoms. The molecule has 1 N–H and O–H groups in total. The molecule has 0 unspecified atom stereocenters. The number of pyridine rings is 1. The van der Waals surface area contributed by atoms with Crippen molar-refractivity contribution in [2.24, 2.45) is 0 Å². The standard InChI is InChI=1S/C14H18N4O2/c1-16-6-8-17(9-7-16)10-11(19)13-14(20)15-12-4-2-3-5-18(12)13/h2-5,20H,6-10H2,1H3. The van der Waals surface area contributed by atoms with Crippen LogP contribution in [-0.2, 0) is 0 Å². The molecular formula is C14H18N4O2. The first-order valence-corrected chi connectivity index (χ1v) is 6.75. The Hall–Kier alpha value is -1.92. The van der Waals surface area contributed by atoms with Crippen molar-refractivity contribution in [2.75, 3.05) is 39.8 Å². The number of ketones is 1. The van der Waals surface area contributed by atoms with Crippen LogP contribution in [0.25, 0.3) is 5.65 Å². The number of likely N-dealkylation sites (N-methyl/N-ethyl adjacent to an activating group) is 1. The van der Waals surface area contributed by atoms with Gasteiger partial charge < -0.3 is 10.0 Å². The minimum Gasteiger partial charge on any atom is -0.492 e. The number of imidazole rings is 1. The van der Waals surface area contributed by atoms with Crippen LogP contribution in [0.5, 0.6) is 5.88 Å². The summed E-state index contributed by atoms with van der Waals surface area (Å²) in [5.74, 6) is -0.277. The maximum absolute atomic E-state index is 12.4. The van der Waals surface area contributed by atoms with Crippen LogP contribution in [0.3, 0.4) is 0 Å². The largest absolute Gasteiger partial charge is 0.492 e. The SMILES string of the molecule is CN1CCN(CC(=O)c2c(O)nc3ccccn23)CC1. The highest BCUT2D eigenvalue weighted by molar-refractivity contribution is 5.99. The van der Waals surface area contributed by atoms with E-state index in [1.165, 1.54) is 0 Å². The fourth-order valence-electron chi connectivity index (χ4n) is 2.53. The molecule has 106 valence electrons. The van der Waals surface area contributed by atoms with E-state index < -0.39 is 0 Å². The van der Waals surface area contributed by atoms with Gasteiger partial charge in [-0.15, -0.1) is 0 Å². The summed E-state index contributed by atoms with van der Waals surface area (Å²) in [4.78, 5) is 20.8. The van der Waals surface area contributed by atoms with Gasteiger partial charge in [0.1, 0.15) is 5.65 Å². The van der Waals surface area contributed by atoms with Crippen molar-refractivity contribution in [3.05, 3.63) is 30.1 Å². The number of Topliss-reactive ketones (excluding diaryl/α,β-unsaturated/α-hetero) is 1. The molecule has 0 amide bonds. The van der Waals surface area contributed by atoms with E-state index in [1.54, 1.807) is 16.7 Å². The smallest absolute Gasteiger partial charge is 0.241 e. The maximum Gasteiger partial charge on any atom is 0.241 e. The average Bonchev–Trinajstić information content (AvgIpc) is 2.77. The molecule has 0 bridgehead atoms. The zero-order valence-electron chi connectivity index (χ0n) is 11.5. The third-order valence-electron chi connectivity index (χ3n) is 3.74. The summed E-state index contributed by atoms with van der Waals surface area (Å²) in [5.41, 5.74) is 0.867. The summed E-state index contributed by atoms with van der Waals surface area (Å²) in [7, 11) is 2.08. The van der Waals surface area contributed by atoms with E-state index in [-0.39, 0.29) is 17.4 Å². The van der Waals surface area contributed by atoms with Crippen molar-refractivity contribution >= 4 is 11.4 Å². The monoisotopic (exact) mass is 274 g/mol. The summed E-state index contributed by atoms with van der Waals surface area (Å²) >= 11 is 0. The number of carbonyl (C=O) groups excluding carboxylic acids is 1. The van der Waals surface area contributed by atoms with Gasteiger partial charge in [-0.1, -0.05) is 6.07 Å². The van der Waals surface area contributed by atoms with Crippen molar-refractivity contribution < 1.29 is 9.90 Å². The van der Waals surface area contributed by atoms with Gasteiger partial charge in [-0.2, -0.15) is 4.98 Å². The predicted octanol–water partition coefficient (Wildman–Crippen LogP) is 0.470. The van der Waals surface area contributed by atoms with Crippen molar-refractivity contribution in [3.8, 4) is 5.88 Å². The molecule has 0 radical (unpaired) electrons. The highest BCUT2D eigenvalue weighted by Crippen LogP contribution is 2.19. The quantitative estimate of drug-likeness (QED) is 0.824. The molecule has 0 aliphatic carbocycles. The number of rotatable bonds is 3. The van der Waals surface area contributed by atoms with E-state index in [1.807, 2.05) is 12.1 Å². The van der Waals surface area contributed by atoms with Gasteiger partial charge in [0, 0.05) is 32.4 Å². The van der Waals surface area contributed by atoms with Crippen LogP contribution in [-0.4, -0.2) is 69.8 Å². The van der Waals surface area contributed by atoms with E-state index in [0.29, 0.717) is 12.2 Å². The minimum atomic E-state index is -0.185. The van der Waals surface area contributed by atoms with Gasteiger partial charge in [0.25, 0.3) is 0 Å². The summed E-state index contributed by atoms with van der Waals surface area (Å²) < 4.78 is 1.65. The molecule has 0 spiro atoms. The molecule has 1 saturated heterocycles. The van der Waals surface area contributed by atoms with Gasteiger partial charge in [-0.25, -0.2) is 0 Å². The Morgan fingerprint density at radius 1 is 1.30 bits per heavy atom. The zero-order valence-corrected chi connectivity index (χ0v) is 11.5. The summed E-state index contributed by atoms with van der Waals surface area (Å²) in [6.07, 6.45) is 1.75. The second-order valence-electron chi connectivity index (χ2n) is 5.22. The Labute approximate surface area is 117 Å². The van der Waals surface area contributed by atoms with Crippen molar-refractivity contribution in [3.63, 3.8) is 0 Å². The molecule has 3 heterocycles. The van der Waals surface area contributed by atoms with E-state index in [0.717, 1.165) is 26.2 Å². The number of fused-ring (bicyclic) bond motifs is 1. The van der Waals surface area contributed by atoms with Crippen LogP contribution < -0.4 is 0 Å². The van der Waals surface area contributed by atoms with Crippen LogP contribution in [0.1, 0.15) is 10.5 Å². The molecule has 0 atom stereocenters. The molecule has 0 saturated carbocycles.